The minimum absolute atomic E-state index is 0.0576. The van der Waals surface area contributed by atoms with Crippen LogP contribution in [0.5, 0.6) is 11.5 Å². The second-order valence-electron chi connectivity index (χ2n) is 4.20. The Hall–Kier alpha value is -2.22. The number of allylic oxidation sites excluding steroid dienone is 1. The van der Waals surface area contributed by atoms with Crippen molar-refractivity contribution in [1.29, 1.82) is 0 Å². The molecule has 0 saturated carbocycles. The Balaban J connectivity index is 2.23. The van der Waals surface area contributed by atoms with Crippen LogP contribution in [0.3, 0.4) is 0 Å². The van der Waals surface area contributed by atoms with Crippen molar-refractivity contribution in [2.75, 3.05) is 13.7 Å². The predicted molar refractivity (Wildman–Crippen MR) is 90.0 cm³/mol. The van der Waals surface area contributed by atoms with E-state index in [1.54, 1.807) is 24.3 Å². The fraction of sp³-hybridized carbons (Fsp3) is 0.118. The van der Waals surface area contributed by atoms with Crippen LogP contribution in [0.4, 0.5) is 0 Å². The van der Waals surface area contributed by atoms with Gasteiger partial charge in [0.2, 0.25) is 0 Å². The summed E-state index contributed by atoms with van der Waals surface area (Å²) in [5.74, 6) is 3.17. The maximum absolute atomic E-state index is 11.9. The Morgan fingerprint density at radius 2 is 2.32 bits per heavy atom. The van der Waals surface area contributed by atoms with Gasteiger partial charge in [0.05, 0.1) is 17.0 Å². The number of ether oxygens (including phenoxy) is 2. The van der Waals surface area contributed by atoms with Gasteiger partial charge < -0.3 is 9.47 Å². The van der Waals surface area contributed by atoms with Crippen molar-refractivity contribution in [2.24, 2.45) is 0 Å². The minimum Gasteiger partial charge on any atom is -0.493 e. The molecular formula is C17H13ClO3S. The average Bonchev–Trinajstić information content (AvgIpc) is 3.05. The molecule has 22 heavy (non-hydrogen) atoms. The van der Waals surface area contributed by atoms with Gasteiger partial charge in [0.15, 0.2) is 17.3 Å². The number of halogens is 1. The van der Waals surface area contributed by atoms with Gasteiger partial charge in [0, 0.05) is 0 Å². The standard InChI is InChI=1S/C17H13ClO3S/c1-3-8-21-17-13(18)10-12(11-15(17)20-2)6-7-14(19)16-5-4-9-22-16/h1,4-7,9-11H,8H2,2H3/b7-6+. The summed E-state index contributed by atoms with van der Waals surface area (Å²) in [4.78, 5) is 12.6. The normalized spacial score (nSPS) is 10.4. The molecule has 1 heterocycles. The molecular weight excluding hydrogens is 320 g/mol. The zero-order valence-corrected chi connectivity index (χ0v) is 13.4. The highest BCUT2D eigenvalue weighted by Gasteiger charge is 2.11. The lowest BCUT2D eigenvalue weighted by Gasteiger charge is -2.11. The molecule has 0 saturated heterocycles. The van der Waals surface area contributed by atoms with E-state index in [0.29, 0.717) is 21.4 Å². The summed E-state index contributed by atoms with van der Waals surface area (Å²) in [6.07, 6.45) is 8.35. The number of benzene rings is 1. The number of hydrogen-bond donors (Lipinski definition) is 0. The van der Waals surface area contributed by atoms with Gasteiger partial charge in [-0.2, -0.15) is 0 Å². The molecule has 2 rings (SSSR count). The van der Waals surface area contributed by atoms with Crippen LogP contribution in [0.1, 0.15) is 15.2 Å². The third-order valence-electron chi connectivity index (χ3n) is 2.74. The molecule has 112 valence electrons. The molecule has 3 nitrogen and oxygen atoms in total. The molecule has 1 aromatic heterocycles. The van der Waals surface area contributed by atoms with Crippen molar-refractivity contribution >= 4 is 34.8 Å². The first kappa shape index (κ1) is 16.2. The Bertz CT molecular complexity index is 727. The lowest BCUT2D eigenvalue weighted by molar-refractivity contribution is 0.105. The monoisotopic (exact) mass is 332 g/mol. The number of carbonyl (C=O) groups excluding carboxylic acids is 1. The minimum atomic E-state index is -0.0576. The van der Waals surface area contributed by atoms with Crippen molar-refractivity contribution in [2.45, 2.75) is 0 Å². The molecule has 0 aliphatic rings. The third-order valence-corrected chi connectivity index (χ3v) is 3.91. The van der Waals surface area contributed by atoms with E-state index in [4.69, 9.17) is 27.5 Å². The molecule has 0 N–H and O–H groups in total. The van der Waals surface area contributed by atoms with Crippen molar-refractivity contribution in [1.82, 2.24) is 0 Å². The number of rotatable bonds is 6. The molecule has 5 heteroatoms. The summed E-state index contributed by atoms with van der Waals surface area (Å²) in [7, 11) is 1.51. The Morgan fingerprint density at radius 3 is 2.95 bits per heavy atom. The van der Waals surface area contributed by atoms with Crippen LogP contribution in [-0.2, 0) is 0 Å². The number of thiophene rings is 1. The summed E-state index contributed by atoms with van der Waals surface area (Å²) < 4.78 is 10.6. The molecule has 1 aromatic carbocycles. The summed E-state index contributed by atoms with van der Waals surface area (Å²) in [6, 6.07) is 7.04. The number of terminal acetylenes is 1. The first-order chi connectivity index (χ1) is 10.7. The van der Waals surface area contributed by atoms with E-state index in [1.807, 2.05) is 11.4 Å². The fourth-order valence-corrected chi connectivity index (χ4v) is 2.68. The van der Waals surface area contributed by atoms with Crippen LogP contribution in [0, 0.1) is 12.3 Å². The molecule has 0 radical (unpaired) electrons. The number of methoxy groups -OCH3 is 1. The zero-order chi connectivity index (χ0) is 15.9. The van der Waals surface area contributed by atoms with Crippen molar-refractivity contribution in [3.05, 3.63) is 51.2 Å². The second-order valence-corrected chi connectivity index (χ2v) is 5.56. The van der Waals surface area contributed by atoms with E-state index in [1.165, 1.54) is 24.5 Å². The number of ketones is 1. The van der Waals surface area contributed by atoms with Crippen molar-refractivity contribution in [3.8, 4) is 23.8 Å². The van der Waals surface area contributed by atoms with Crippen molar-refractivity contribution < 1.29 is 14.3 Å². The molecule has 0 fully saturated rings. The molecule has 0 atom stereocenters. The zero-order valence-electron chi connectivity index (χ0n) is 11.8. The first-order valence-electron chi connectivity index (χ1n) is 6.35. The van der Waals surface area contributed by atoms with E-state index in [-0.39, 0.29) is 12.4 Å². The molecule has 0 unspecified atom stereocenters. The van der Waals surface area contributed by atoms with Gasteiger partial charge in [-0.15, -0.1) is 17.8 Å². The lowest BCUT2D eigenvalue weighted by Crippen LogP contribution is -1.98. The van der Waals surface area contributed by atoms with Gasteiger partial charge in [0.25, 0.3) is 0 Å². The summed E-state index contributed by atoms with van der Waals surface area (Å²) in [5.41, 5.74) is 0.736. The molecule has 0 bridgehead atoms. The van der Waals surface area contributed by atoms with Gasteiger partial charge in [-0.3, -0.25) is 4.79 Å². The van der Waals surface area contributed by atoms with Gasteiger partial charge in [-0.05, 0) is 35.2 Å². The quantitative estimate of drug-likeness (QED) is 0.449. The smallest absolute Gasteiger partial charge is 0.195 e. The van der Waals surface area contributed by atoms with Gasteiger partial charge in [-0.25, -0.2) is 0 Å². The molecule has 2 aromatic rings. The molecule has 0 amide bonds. The predicted octanol–water partition coefficient (Wildman–Crippen LogP) is 4.32. The molecule has 0 aliphatic carbocycles. The highest BCUT2D eigenvalue weighted by atomic mass is 35.5. The Morgan fingerprint density at radius 1 is 1.50 bits per heavy atom. The number of hydrogen-bond acceptors (Lipinski definition) is 4. The maximum atomic E-state index is 11.9. The van der Waals surface area contributed by atoms with Gasteiger partial charge in [-0.1, -0.05) is 29.7 Å². The van der Waals surface area contributed by atoms with E-state index in [2.05, 4.69) is 5.92 Å². The third kappa shape index (κ3) is 3.91. The van der Waals surface area contributed by atoms with Crippen LogP contribution < -0.4 is 9.47 Å². The van der Waals surface area contributed by atoms with Gasteiger partial charge in [0.1, 0.15) is 6.61 Å². The lowest BCUT2D eigenvalue weighted by atomic mass is 10.1. The van der Waals surface area contributed by atoms with Crippen LogP contribution in [0.25, 0.3) is 6.08 Å². The average molecular weight is 333 g/mol. The second kappa shape index (κ2) is 7.69. The van der Waals surface area contributed by atoms with Gasteiger partial charge >= 0.3 is 0 Å². The number of carbonyl (C=O) groups is 1. The SMILES string of the molecule is C#CCOc1c(Cl)cc(/C=C/C(=O)c2cccs2)cc1OC. The summed E-state index contributed by atoms with van der Waals surface area (Å²) in [5, 5.41) is 2.23. The summed E-state index contributed by atoms with van der Waals surface area (Å²) in [6.45, 7) is 0.0993. The Labute approximate surface area is 138 Å². The van der Waals surface area contributed by atoms with E-state index < -0.39 is 0 Å². The topological polar surface area (TPSA) is 35.5 Å². The van der Waals surface area contributed by atoms with E-state index in [9.17, 15) is 4.79 Å². The fourth-order valence-electron chi connectivity index (χ4n) is 1.76. The Kier molecular flexibility index (Phi) is 5.65. The van der Waals surface area contributed by atoms with E-state index >= 15 is 0 Å². The molecule has 0 aliphatic heterocycles. The van der Waals surface area contributed by atoms with Crippen LogP contribution in [-0.4, -0.2) is 19.5 Å². The largest absolute Gasteiger partial charge is 0.493 e. The van der Waals surface area contributed by atoms with Crippen molar-refractivity contribution in [3.63, 3.8) is 0 Å². The maximum Gasteiger partial charge on any atom is 0.195 e. The highest BCUT2D eigenvalue weighted by molar-refractivity contribution is 7.12. The van der Waals surface area contributed by atoms with Crippen LogP contribution in [0.2, 0.25) is 5.02 Å². The van der Waals surface area contributed by atoms with E-state index in [0.717, 1.165) is 5.56 Å². The van der Waals surface area contributed by atoms with Crippen LogP contribution in [0.15, 0.2) is 35.7 Å². The highest BCUT2D eigenvalue weighted by Crippen LogP contribution is 2.36. The first-order valence-corrected chi connectivity index (χ1v) is 7.61. The summed E-state index contributed by atoms with van der Waals surface area (Å²) >= 11 is 7.57. The molecule has 0 spiro atoms. The van der Waals surface area contributed by atoms with Crippen LogP contribution >= 0.6 is 22.9 Å².